The summed E-state index contributed by atoms with van der Waals surface area (Å²) in [7, 11) is 0. The molecule has 0 atom stereocenters. The largest absolute Gasteiger partial charge is 0.419 e. The lowest BCUT2D eigenvalue weighted by molar-refractivity contribution is -0.138. The van der Waals surface area contributed by atoms with E-state index < -0.39 is 22.7 Å². The van der Waals surface area contributed by atoms with Gasteiger partial charge in [0.25, 0.3) is 0 Å². The van der Waals surface area contributed by atoms with Gasteiger partial charge in [0.2, 0.25) is 0 Å². The first-order chi connectivity index (χ1) is 7.35. The minimum Gasteiger partial charge on any atom is -0.263 e. The third kappa shape index (κ3) is 2.82. The van der Waals surface area contributed by atoms with E-state index in [1.165, 1.54) is 4.68 Å². The summed E-state index contributed by atoms with van der Waals surface area (Å²) in [6, 6.07) is 0. The van der Waals surface area contributed by atoms with Crippen molar-refractivity contribution in [3.05, 3.63) is 17.5 Å². The second-order valence-corrected chi connectivity index (χ2v) is 6.24. The predicted octanol–water partition coefficient (Wildman–Crippen LogP) is 3.95. The molecule has 0 fully saturated rings. The van der Waals surface area contributed by atoms with Crippen LogP contribution in [0.2, 0.25) is 0 Å². The number of rotatable bonds is 0. The van der Waals surface area contributed by atoms with Gasteiger partial charge < -0.3 is 0 Å². The van der Waals surface area contributed by atoms with Gasteiger partial charge >= 0.3 is 6.18 Å². The van der Waals surface area contributed by atoms with Gasteiger partial charge in [-0.1, -0.05) is 20.8 Å². The van der Waals surface area contributed by atoms with Crippen LogP contribution >= 0.6 is 0 Å². The fourth-order valence-electron chi connectivity index (χ4n) is 1.79. The molecule has 0 spiro atoms. The average molecular weight is 248 g/mol. The molecule has 1 aromatic heterocycles. The van der Waals surface area contributed by atoms with E-state index in [4.69, 9.17) is 0 Å². The molecule has 0 aliphatic carbocycles. The highest BCUT2D eigenvalue weighted by Gasteiger charge is 2.41. The zero-order valence-corrected chi connectivity index (χ0v) is 11.1. The van der Waals surface area contributed by atoms with Crippen molar-refractivity contribution in [3.8, 4) is 0 Å². The standard InChI is InChI=1S/C12H19F3N2/c1-10(2,3)9-8(12(13,14)15)7-16-17(9)11(4,5)6/h7H,1-6H3. The second kappa shape index (κ2) is 3.75. The Labute approximate surface area is 99.8 Å². The van der Waals surface area contributed by atoms with Gasteiger partial charge in [0.05, 0.1) is 23.0 Å². The number of hydrogen-bond donors (Lipinski definition) is 0. The molecule has 2 nitrogen and oxygen atoms in total. The lowest BCUT2D eigenvalue weighted by Crippen LogP contribution is -2.31. The van der Waals surface area contributed by atoms with E-state index in [1.54, 1.807) is 20.8 Å². The molecular formula is C12H19F3N2. The number of nitrogens with zero attached hydrogens (tertiary/aromatic N) is 2. The molecule has 0 aliphatic heterocycles. The SMILES string of the molecule is CC(C)(C)c1c(C(F)(F)F)cnn1C(C)(C)C. The zero-order valence-electron chi connectivity index (χ0n) is 11.1. The van der Waals surface area contributed by atoms with Gasteiger partial charge in [-0.25, -0.2) is 0 Å². The third-order valence-corrected chi connectivity index (χ3v) is 2.42. The third-order valence-electron chi connectivity index (χ3n) is 2.42. The van der Waals surface area contributed by atoms with E-state index >= 15 is 0 Å². The molecule has 0 radical (unpaired) electrons. The van der Waals surface area contributed by atoms with Crippen LogP contribution < -0.4 is 0 Å². The van der Waals surface area contributed by atoms with E-state index in [-0.39, 0.29) is 5.69 Å². The van der Waals surface area contributed by atoms with Gasteiger partial charge in [0.15, 0.2) is 0 Å². The fraction of sp³-hybridized carbons (Fsp3) is 0.750. The molecule has 1 aromatic rings. The summed E-state index contributed by atoms with van der Waals surface area (Å²) in [6.45, 7) is 10.8. The van der Waals surface area contributed by atoms with Gasteiger partial charge in [-0.05, 0) is 20.8 Å². The summed E-state index contributed by atoms with van der Waals surface area (Å²) in [5.41, 5.74) is -1.47. The molecule has 5 heteroatoms. The van der Waals surface area contributed by atoms with Crippen LogP contribution in [0.3, 0.4) is 0 Å². The van der Waals surface area contributed by atoms with Crippen LogP contribution in [-0.2, 0) is 17.1 Å². The monoisotopic (exact) mass is 248 g/mol. The van der Waals surface area contributed by atoms with Crippen LogP contribution in [0.5, 0.6) is 0 Å². The molecule has 98 valence electrons. The minimum atomic E-state index is -4.36. The Morgan fingerprint density at radius 3 is 1.76 bits per heavy atom. The lowest BCUT2D eigenvalue weighted by Gasteiger charge is -2.29. The summed E-state index contributed by atoms with van der Waals surface area (Å²) >= 11 is 0. The normalized spacial score (nSPS) is 14.2. The molecule has 0 aliphatic rings. The van der Waals surface area contributed by atoms with Crippen LogP contribution in [0.1, 0.15) is 52.8 Å². The summed E-state index contributed by atoms with van der Waals surface area (Å²) in [6.07, 6.45) is -3.43. The van der Waals surface area contributed by atoms with E-state index in [1.807, 2.05) is 20.8 Å². The van der Waals surface area contributed by atoms with Crippen LogP contribution in [0.25, 0.3) is 0 Å². The number of aromatic nitrogens is 2. The lowest BCUT2D eigenvalue weighted by atomic mass is 9.88. The van der Waals surface area contributed by atoms with Crippen molar-refractivity contribution in [1.82, 2.24) is 9.78 Å². The molecule has 17 heavy (non-hydrogen) atoms. The van der Waals surface area contributed by atoms with Crippen molar-refractivity contribution < 1.29 is 13.2 Å². The highest BCUT2D eigenvalue weighted by atomic mass is 19.4. The smallest absolute Gasteiger partial charge is 0.263 e. The Morgan fingerprint density at radius 2 is 1.47 bits per heavy atom. The zero-order chi connectivity index (χ0) is 13.6. The van der Waals surface area contributed by atoms with Gasteiger partial charge in [-0.3, -0.25) is 4.68 Å². The minimum absolute atomic E-state index is 0.234. The van der Waals surface area contributed by atoms with E-state index in [0.29, 0.717) is 0 Å². The highest BCUT2D eigenvalue weighted by molar-refractivity contribution is 5.28. The van der Waals surface area contributed by atoms with E-state index in [9.17, 15) is 13.2 Å². The molecule has 0 aromatic carbocycles. The second-order valence-electron chi connectivity index (χ2n) is 6.24. The Hall–Kier alpha value is -1.00. The average Bonchev–Trinajstić information content (AvgIpc) is 2.42. The molecule has 0 unspecified atom stereocenters. The number of hydrogen-bond acceptors (Lipinski definition) is 1. The molecule has 1 heterocycles. The van der Waals surface area contributed by atoms with Crippen LogP contribution in [0, 0.1) is 0 Å². The Morgan fingerprint density at radius 1 is 1.00 bits per heavy atom. The van der Waals surface area contributed by atoms with E-state index in [2.05, 4.69) is 5.10 Å². The van der Waals surface area contributed by atoms with Gasteiger partial charge in [-0.15, -0.1) is 0 Å². The molecular weight excluding hydrogens is 229 g/mol. The molecule has 0 amide bonds. The van der Waals surface area contributed by atoms with Gasteiger partial charge in [-0.2, -0.15) is 18.3 Å². The van der Waals surface area contributed by atoms with E-state index in [0.717, 1.165) is 6.20 Å². The maximum absolute atomic E-state index is 12.9. The molecule has 0 saturated heterocycles. The summed E-state index contributed by atoms with van der Waals surface area (Å²) < 4.78 is 40.2. The highest BCUT2D eigenvalue weighted by Crippen LogP contribution is 2.39. The van der Waals surface area contributed by atoms with Gasteiger partial charge in [0, 0.05) is 5.41 Å². The van der Waals surface area contributed by atoms with Gasteiger partial charge in [0.1, 0.15) is 0 Å². The summed E-state index contributed by atoms with van der Waals surface area (Å²) in [5.74, 6) is 0. The van der Waals surface area contributed by atoms with Crippen molar-refractivity contribution in [2.45, 2.75) is 58.7 Å². The molecule has 0 N–H and O–H groups in total. The first-order valence-electron chi connectivity index (χ1n) is 5.51. The van der Waals surface area contributed by atoms with Crippen molar-refractivity contribution in [1.29, 1.82) is 0 Å². The van der Waals surface area contributed by atoms with Crippen molar-refractivity contribution in [2.24, 2.45) is 0 Å². The molecule has 1 rings (SSSR count). The molecule has 0 saturated carbocycles. The summed E-state index contributed by atoms with van der Waals surface area (Å²) in [5, 5.41) is 3.92. The van der Waals surface area contributed by atoms with Crippen molar-refractivity contribution >= 4 is 0 Å². The topological polar surface area (TPSA) is 17.8 Å². The number of alkyl halides is 3. The first kappa shape index (κ1) is 14.1. The Balaban J connectivity index is 3.53. The predicted molar refractivity (Wildman–Crippen MR) is 60.9 cm³/mol. The van der Waals surface area contributed by atoms with Crippen molar-refractivity contribution in [3.63, 3.8) is 0 Å². The summed E-state index contributed by atoms with van der Waals surface area (Å²) in [4.78, 5) is 0. The van der Waals surface area contributed by atoms with Crippen molar-refractivity contribution in [2.75, 3.05) is 0 Å². The van der Waals surface area contributed by atoms with Crippen LogP contribution in [0.4, 0.5) is 13.2 Å². The maximum Gasteiger partial charge on any atom is 0.419 e. The first-order valence-corrected chi connectivity index (χ1v) is 5.51. The fourth-order valence-corrected chi connectivity index (χ4v) is 1.79. The maximum atomic E-state index is 12.9. The number of halogens is 3. The van der Waals surface area contributed by atoms with Crippen LogP contribution in [-0.4, -0.2) is 9.78 Å². The Bertz CT molecular complexity index is 371. The Kier molecular flexibility index (Phi) is 3.10. The van der Waals surface area contributed by atoms with Crippen LogP contribution in [0.15, 0.2) is 6.20 Å². The molecule has 0 bridgehead atoms. The quantitative estimate of drug-likeness (QED) is 0.679.